The summed E-state index contributed by atoms with van der Waals surface area (Å²) in [7, 11) is 1.91. The number of thiazole rings is 1. The van der Waals surface area contributed by atoms with Crippen LogP contribution in [0.1, 0.15) is 68.0 Å². The maximum absolute atomic E-state index is 4.85. The first-order valence-corrected chi connectivity index (χ1v) is 8.86. The third-order valence-electron chi connectivity index (χ3n) is 4.51. The van der Waals surface area contributed by atoms with Crippen molar-refractivity contribution in [1.29, 1.82) is 0 Å². The van der Waals surface area contributed by atoms with Crippen molar-refractivity contribution in [3.8, 4) is 0 Å². The number of aromatic nitrogens is 5. The first-order valence-electron chi connectivity index (χ1n) is 7.98. The van der Waals surface area contributed by atoms with Gasteiger partial charge in [0.05, 0.1) is 16.7 Å². The largest absolute Gasteiger partial charge is 0.293 e. The Kier molecular flexibility index (Phi) is 4.54. The van der Waals surface area contributed by atoms with E-state index in [9.17, 15) is 0 Å². The molecule has 1 aliphatic heterocycles. The predicted molar refractivity (Wildman–Crippen MR) is 87.0 cm³/mol. The number of piperidine rings is 1. The van der Waals surface area contributed by atoms with E-state index in [1.54, 1.807) is 4.68 Å². The maximum atomic E-state index is 4.85. The normalized spacial score (nSPS) is 21.4. The van der Waals surface area contributed by atoms with E-state index in [1.807, 2.05) is 18.4 Å². The molecule has 120 valence electrons. The van der Waals surface area contributed by atoms with Crippen LogP contribution < -0.4 is 0 Å². The van der Waals surface area contributed by atoms with E-state index < -0.39 is 0 Å². The van der Waals surface area contributed by atoms with Gasteiger partial charge in [0.1, 0.15) is 0 Å². The minimum Gasteiger partial charge on any atom is -0.293 e. The van der Waals surface area contributed by atoms with Crippen molar-refractivity contribution < 1.29 is 0 Å². The lowest BCUT2D eigenvalue weighted by molar-refractivity contribution is 0.150. The van der Waals surface area contributed by atoms with Gasteiger partial charge in [0.25, 0.3) is 0 Å². The fraction of sp³-hybridized carbons (Fsp3) is 0.733. The smallest absolute Gasteiger partial charge is 0.167 e. The molecule has 0 aliphatic carbocycles. The number of nitrogens with zero attached hydrogens (tertiary/aromatic N) is 6. The number of tetrazole rings is 1. The number of rotatable bonds is 4. The van der Waals surface area contributed by atoms with Crippen LogP contribution in [0.25, 0.3) is 0 Å². The quantitative estimate of drug-likeness (QED) is 0.867. The molecule has 0 unspecified atom stereocenters. The topological polar surface area (TPSA) is 59.7 Å². The van der Waals surface area contributed by atoms with Crippen LogP contribution in [0.15, 0.2) is 5.38 Å². The molecule has 0 spiro atoms. The second kappa shape index (κ2) is 6.42. The summed E-state index contributed by atoms with van der Waals surface area (Å²) < 4.78 is 1.77. The first-order chi connectivity index (χ1) is 10.6. The van der Waals surface area contributed by atoms with Crippen molar-refractivity contribution in [2.75, 3.05) is 13.1 Å². The fourth-order valence-electron chi connectivity index (χ4n) is 3.07. The highest BCUT2D eigenvalue weighted by Crippen LogP contribution is 2.33. The number of aryl methyl sites for hydroxylation is 1. The number of hydrogen-bond acceptors (Lipinski definition) is 6. The minimum absolute atomic E-state index is 0.243. The highest BCUT2D eigenvalue weighted by Gasteiger charge is 2.29. The van der Waals surface area contributed by atoms with E-state index in [-0.39, 0.29) is 6.04 Å². The van der Waals surface area contributed by atoms with Crippen LogP contribution in [0.2, 0.25) is 0 Å². The monoisotopic (exact) mass is 320 g/mol. The molecule has 0 saturated carbocycles. The Labute approximate surface area is 135 Å². The van der Waals surface area contributed by atoms with Crippen LogP contribution in [0.4, 0.5) is 0 Å². The molecule has 2 aromatic rings. The molecule has 0 amide bonds. The fourth-order valence-corrected chi connectivity index (χ4v) is 4.18. The van der Waals surface area contributed by atoms with Crippen molar-refractivity contribution in [1.82, 2.24) is 30.1 Å². The van der Waals surface area contributed by atoms with Gasteiger partial charge in [-0.3, -0.25) is 4.90 Å². The van der Waals surface area contributed by atoms with Gasteiger partial charge in [-0.1, -0.05) is 13.8 Å². The van der Waals surface area contributed by atoms with Crippen molar-refractivity contribution in [2.24, 2.45) is 7.05 Å². The zero-order chi connectivity index (χ0) is 15.7. The Morgan fingerprint density at radius 1 is 1.32 bits per heavy atom. The minimum atomic E-state index is 0.243. The van der Waals surface area contributed by atoms with Gasteiger partial charge < -0.3 is 0 Å². The van der Waals surface area contributed by atoms with Crippen LogP contribution in [-0.4, -0.2) is 43.2 Å². The van der Waals surface area contributed by atoms with E-state index in [4.69, 9.17) is 4.98 Å². The van der Waals surface area contributed by atoms with Crippen LogP contribution in [-0.2, 0) is 7.05 Å². The van der Waals surface area contributed by atoms with E-state index in [0.29, 0.717) is 11.8 Å². The predicted octanol–water partition coefficient (Wildman–Crippen LogP) is 2.73. The third-order valence-corrected chi connectivity index (χ3v) is 5.53. The van der Waals surface area contributed by atoms with E-state index in [1.165, 1.54) is 23.5 Å². The molecule has 6 nitrogen and oxygen atoms in total. The zero-order valence-corrected chi connectivity index (χ0v) is 14.5. The molecule has 0 radical (unpaired) electrons. The van der Waals surface area contributed by atoms with Crippen LogP contribution >= 0.6 is 11.3 Å². The van der Waals surface area contributed by atoms with Crippen molar-refractivity contribution >= 4 is 11.3 Å². The average Bonchev–Trinajstić information content (AvgIpc) is 3.15. The molecule has 2 aromatic heterocycles. The summed E-state index contributed by atoms with van der Waals surface area (Å²) in [4.78, 5) is 7.34. The van der Waals surface area contributed by atoms with Gasteiger partial charge in [-0.15, -0.1) is 16.4 Å². The maximum Gasteiger partial charge on any atom is 0.167 e. The Balaban J connectivity index is 1.72. The first kappa shape index (κ1) is 15.6. The molecule has 3 heterocycles. The summed E-state index contributed by atoms with van der Waals surface area (Å²) in [6, 6.07) is 0.243. The molecule has 0 bridgehead atoms. The number of hydrogen-bond donors (Lipinski definition) is 0. The lowest BCUT2D eigenvalue weighted by Gasteiger charge is -2.35. The number of likely N-dealkylation sites (tertiary alicyclic amines) is 1. The van der Waals surface area contributed by atoms with E-state index in [2.05, 4.69) is 46.6 Å². The zero-order valence-electron chi connectivity index (χ0n) is 13.7. The van der Waals surface area contributed by atoms with Gasteiger partial charge in [0.2, 0.25) is 0 Å². The Bertz CT molecular complexity index is 619. The van der Waals surface area contributed by atoms with Gasteiger partial charge in [-0.25, -0.2) is 9.67 Å². The summed E-state index contributed by atoms with van der Waals surface area (Å²) >= 11 is 1.82. The van der Waals surface area contributed by atoms with Gasteiger partial charge >= 0.3 is 0 Å². The molecule has 1 fully saturated rings. The molecular weight excluding hydrogens is 296 g/mol. The molecule has 22 heavy (non-hydrogen) atoms. The lowest BCUT2D eigenvalue weighted by Crippen LogP contribution is -2.37. The van der Waals surface area contributed by atoms with E-state index in [0.717, 1.165) is 18.9 Å². The SMILES string of the molecule is CC(C)c1csc([C@H]2CCCN([C@H](C)c3nnnn3C)C2)n1. The highest BCUT2D eigenvalue weighted by molar-refractivity contribution is 7.09. The summed E-state index contributed by atoms with van der Waals surface area (Å²) in [5, 5.41) is 15.4. The summed E-state index contributed by atoms with van der Waals surface area (Å²) in [5.41, 5.74) is 1.22. The van der Waals surface area contributed by atoms with Crippen molar-refractivity contribution in [3.05, 3.63) is 21.9 Å². The summed E-state index contributed by atoms with van der Waals surface area (Å²) in [6.07, 6.45) is 2.43. The second-order valence-corrected chi connectivity index (χ2v) is 7.33. The molecule has 3 rings (SSSR count). The third kappa shape index (κ3) is 3.05. The molecular formula is C15H24N6S. The highest BCUT2D eigenvalue weighted by atomic mass is 32.1. The van der Waals surface area contributed by atoms with Gasteiger partial charge in [0.15, 0.2) is 5.82 Å². The summed E-state index contributed by atoms with van der Waals surface area (Å²) in [5.74, 6) is 1.98. The van der Waals surface area contributed by atoms with Crippen molar-refractivity contribution in [2.45, 2.75) is 51.5 Å². The van der Waals surface area contributed by atoms with Crippen LogP contribution in [0.5, 0.6) is 0 Å². The van der Waals surface area contributed by atoms with Gasteiger partial charge in [-0.05, 0) is 42.7 Å². The van der Waals surface area contributed by atoms with Gasteiger partial charge in [-0.2, -0.15) is 0 Å². The summed E-state index contributed by atoms with van der Waals surface area (Å²) in [6.45, 7) is 8.74. The van der Waals surface area contributed by atoms with Gasteiger partial charge in [0, 0.05) is 24.9 Å². The lowest BCUT2D eigenvalue weighted by atomic mass is 9.97. The average molecular weight is 320 g/mol. The Hall–Kier alpha value is -1.34. The Morgan fingerprint density at radius 3 is 2.77 bits per heavy atom. The molecule has 1 aliphatic rings. The Morgan fingerprint density at radius 2 is 2.14 bits per heavy atom. The molecule has 0 N–H and O–H groups in total. The molecule has 2 atom stereocenters. The van der Waals surface area contributed by atoms with E-state index >= 15 is 0 Å². The van der Waals surface area contributed by atoms with Crippen LogP contribution in [0.3, 0.4) is 0 Å². The second-order valence-electron chi connectivity index (χ2n) is 6.44. The molecule has 7 heteroatoms. The molecule has 0 aromatic carbocycles. The van der Waals surface area contributed by atoms with Crippen molar-refractivity contribution in [3.63, 3.8) is 0 Å². The van der Waals surface area contributed by atoms with Crippen LogP contribution in [0, 0.1) is 0 Å². The molecule has 1 saturated heterocycles. The standard InChI is InChI=1S/C15H24N6S/c1-10(2)13-9-22-15(16-13)12-6-5-7-21(8-12)11(3)14-17-18-19-20(14)4/h9-12H,5-8H2,1-4H3/t11-,12+/m1/s1.